The number of aliphatic carboxylic acids is 1. The Balaban J connectivity index is 1.86. The Bertz CT molecular complexity index is 366. The smallest absolute Gasteiger partial charge is 0.310 e. The maximum atomic E-state index is 11.0. The Hall–Kier alpha value is -1.40. The van der Waals surface area contributed by atoms with E-state index in [-0.39, 0.29) is 6.04 Å². The third-order valence-corrected chi connectivity index (χ3v) is 3.17. The van der Waals surface area contributed by atoms with Crippen LogP contribution in [0.4, 0.5) is 0 Å². The summed E-state index contributed by atoms with van der Waals surface area (Å²) < 4.78 is 7.08. The molecule has 0 bridgehead atoms. The number of carboxylic acids is 1. The Kier molecular flexibility index (Phi) is 3.75. The van der Waals surface area contributed by atoms with Crippen molar-refractivity contribution in [3.05, 3.63) is 18.5 Å². The summed E-state index contributed by atoms with van der Waals surface area (Å²) in [7, 11) is 1.93. The van der Waals surface area contributed by atoms with Crippen LogP contribution in [0.25, 0.3) is 0 Å². The van der Waals surface area contributed by atoms with Gasteiger partial charge in [0.25, 0.3) is 0 Å². The van der Waals surface area contributed by atoms with E-state index < -0.39 is 11.9 Å². The molecule has 2 unspecified atom stereocenters. The lowest BCUT2D eigenvalue weighted by Crippen LogP contribution is -2.42. The first-order valence-electron chi connectivity index (χ1n) is 5.66. The standard InChI is InChI=1S/C11H17N3O3/c1-13(5-6-14-4-2-3-12-14)10-8-17-7-9(10)11(15)16/h2-4,9-10H,5-8H2,1H3,(H,15,16). The molecule has 1 fully saturated rings. The lowest BCUT2D eigenvalue weighted by atomic mass is 10.0. The van der Waals surface area contributed by atoms with Crippen molar-refractivity contribution < 1.29 is 14.6 Å². The third kappa shape index (κ3) is 2.83. The van der Waals surface area contributed by atoms with Gasteiger partial charge in [-0.05, 0) is 13.1 Å². The molecule has 0 aliphatic carbocycles. The minimum absolute atomic E-state index is 0.0388. The number of hydrogen-bond donors (Lipinski definition) is 1. The van der Waals surface area contributed by atoms with Gasteiger partial charge in [-0.2, -0.15) is 5.10 Å². The molecule has 0 spiro atoms. The topological polar surface area (TPSA) is 67.6 Å². The summed E-state index contributed by atoms with van der Waals surface area (Å²) in [5.41, 5.74) is 0. The number of rotatable bonds is 5. The molecule has 1 N–H and O–H groups in total. The van der Waals surface area contributed by atoms with Crippen molar-refractivity contribution in [2.24, 2.45) is 5.92 Å². The SMILES string of the molecule is CN(CCn1cccn1)C1COCC1C(=O)O. The van der Waals surface area contributed by atoms with Crippen LogP contribution in [0.1, 0.15) is 0 Å². The zero-order valence-electron chi connectivity index (χ0n) is 9.82. The summed E-state index contributed by atoms with van der Waals surface area (Å²) >= 11 is 0. The molecule has 94 valence electrons. The summed E-state index contributed by atoms with van der Waals surface area (Å²) in [5.74, 6) is -1.20. The first-order valence-corrected chi connectivity index (χ1v) is 5.66. The molecule has 2 rings (SSSR count). The van der Waals surface area contributed by atoms with Gasteiger partial charge in [0.1, 0.15) is 0 Å². The number of aromatic nitrogens is 2. The molecule has 0 amide bonds. The van der Waals surface area contributed by atoms with E-state index in [4.69, 9.17) is 9.84 Å². The molecule has 1 aromatic rings. The van der Waals surface area contributed by atoms with E-state index >= 15 is 0 Å². The lowest BCUT2D eigenvalue weighted by molar-refractivity contribution is -0.143. The molecule has 6 nitrogen and oxygen atoms in total. The molecule has 0 radical (unpaired) electrons. The van der Waals surface area contributed by atoms with Gasteiger partial charge in [0.2, 0.25) is 0 Å². The molecule has 6 heteroatoms. The van der Waals surface area contributed by atoms with E-state index in [2.05, 4.69) is 5.10 Å². The average Bonchev–Trinajstić information content (AvgIpc) is 2.96. The third-order valence-electron chi connectivity index (χ3n) is 3.17. The van der Waals surface area contributed by atoms with Crippen molar-refractivity contribution in [2.75, 3.05) is 26.8 Å². The summed E-state index contributed by atoms with van der Waals surface area (Å²) in [4.78, 5) is 13.1. The normalized spacial score (nSPS) is 24.4. The maximum absolute atomic E-state index is 11.0. The monoisotopic (exact) mass is 239 g/mol. The second-order valence-corrected chi connectivity index (χ2v) is 4.30. The second kappa shape index (κ2) is 5.29. The predicted molar refractivity (Wildman–Crippen MR) is 60.6 cm³/mol. The Morgan fingerprint density at radius 2 is 2.47 bits per heavy atom. The van der Waals surface area contributed by atoms with E-state index in [1.54, 1.807) is 6.20 Å². The van der Waals surface area contributed by atoms with Crippen molar-refractivity contribution in [2.45, 2.75) is 12.6 Å². The van der Waals surface area contributed by atoms with Crippen molar-refractivity contribution in [3.8, 4) is 0 Å². The molecule has 2 heterocycles. The molecule has 1 aliphatic rings. The van der Waals surface area contributed by atoms with Crippen LogP contribution in [0, 0.1) is 5.92 Å². The number of hydrogen-bond acceptors (Lipinski definition) is 4. The highest BCUT2D eigenvalue weighted by atomic mass is 16.5. The van der Waals surface area contributed by atoms with E-state index in [0.29, 0.717) is 13.2 Å². The van der Waals surface area contributed by atoms with Gasteiger partial charge in [0, 0.05) is 25.0 Å². The van der Waals surface area contributed by atoms with Gasteiger partial charge in [-0.15, -0.1) is 0 Å². The van der Waals surface area contributed by atoms with Crippen molar-refractivity contribution >= 4 is 5.97 Å². The van der Waals surface area contributed by atoms with Gasteiger partial charge in [0.05, 0.1) is 25.7 Å². The molecule has 1 aromatic heterocycles. The van der Waals surface area contributed by atoms with Crippen LogP contribution in [-0.4, -0.2) is 58.6 Å². The molecule has 2 atom stereocenters. The van der Waals surface area contributed by atoms with E-state index in [1.165, 1.54) is 0 Å². The Morgan fingerprint density at radius 3 is 3.12 bits per heavy atom. The fourth-order valence-electron chi connectivity index (χ4n) is 2.07. The number of likely N-dealkylation sites (N-methyl/N-ethyl adjacent to an activating group) is 1. The van der Waals surface area contributed by atoms with Gasteiger partial charge in [-0.1, -0.05) is 0 Å². The van der Waals surface area contributed by atoms with Crippen LogP contribution >= 0.6 is 0 Å². The number of carboxylic acid groups (broad SMARTS) is 1. The molecular weight excluding hydrogens is 222 g/mol. The summed E-state index contributed by atoms with van der Waals surface area (Å²) in [6.07, 6.45) is 3.63. The predicted octanol–water partition coefficient (Wildman–Crippen LogP) is -0.0855. The molecule has 1 saturated heterocycles. The second-order valence-electron chi connectivity index (χ2n) is 4.30. The first-order chi connectivity index (χ1) is 8.18. The lowest BCUT2D eigenvalue weighted by Gasteiger charge is -2.25. The maximum Gasteiger partial charge on any atom is 0.310 e. The van der Waals surface area contributed by atoms with E-state index in [1.807, 2.05) is 28.9 Å². The van der Waals surface area contributed by atoms with E-state index in [0.717, 1.165) is 13.1 Å². The van der Waals surface area contributed by atoms with Crippen molar-refractivity contribution in [1.82, 2.24) is 14.7 Å². The number of ether oxygens (including phenoxy) is 1. The van der Waals surface area contributed by atoms with Crippen LogP contribution in [0.3, 0.4) is 0 Å². The van der Waals surface area contributed by atoms with Crippen LogP contribution in [0.2, 0.25) is 0 Å². The first kappa shape index (κ1) is 12.1. The Labute approximate surface area is 99.8 Å². The highest BCUT2D eigenvalue weighted by molar-refractivity contribution is 5.71. The van der Waals surface area contributed by atoms with Crippen LogP contribution in [0.15, 0.2) is 18.5 Å². The van der Waals surface area contributed by atoms with Gasteiger partial charge >= 0.3 is 5.97 Å². The summed E-state index contributed by atoms with van der Waals surface area (Å²) in [5, 5.41) is 13.2. The zero-order chi connectivity index (χ0) is 12.3. The minimum atomic E-state index is -0.779. The number of carbonyl (C=O) groups is 1. The van der Waals surface area contributed by atoms with Crippen LogP contribution in [-0.2, 0) is 16.1 Å². The van der Waals surface area contributed by atoms with Gasteiger partial charge in [0.15, 0.2) is 0 Å². The molecule has 17 heavy (non-hydrogen) atoms. The van der Waals surface area contributed by atoms with Crippen molar-refractivity contribution in [1.29, 1.82) is 0 Å². The molecule has 1 aliphatic heterocycles. The fraction of sp³-hybridized carbons (Fsp3) is 0.636. The van der Waals surface area contributed by atoms with Crippen LogP contribution in [0.5, 0.6) is 0 Å². The van der Waals surface area contributed by atoms with Gasteiger partial charge in [-0.25, -0.2) is 0 Å². The Morgan fingerprint density at radius 1 is 1.65 bits per heavy atom. The van der Waals surface area contributed by atoms with Crippen LogP contribution < -0.4 is 0 Å². The molecule has 0 saturated carbocycles. The highest BCUT2D eigenvalue weighted by Crippen LogP contribution is 2.18. The van der Waals surface area contributed by atoms with Crippen molar-refractivity contribution in [3.63, 3.8) is 0 Å². The highest BCUT2D eigenvalue weighted by Gasteiger charge is 2.36. The number of nitrogens with zero attached hydrogens (tertiary/aromatic N) is 3. The molecular formula is C11H17N3O3. The molecule has 0 aromatic carbocycles. The summed E-state index contributed by atoms with van der Waals surface area (Å²) in [6, 6.07) is 1.83. The summed E-state index contributed by atoms with van der Waals surface area (Å²) in [6.45, 7) is 2.32. The van der Waals surface area contributed by atoms with Gasteiger partial charge < -0.3 is 9.84 Å². The fourth-order valence-corrected chi connectivity index (χ4v) is 2.07. The van der Waals surface area contributed by atoms with E-state index in [9.17, 15) is 4.79 Å². The minimum Gasteiger partial charge on any atom is -0.481 e. The quantitative estimate of drug-likeness (QED) is 0.778. The average molecular weight is 239 g/mol. The zero-order valence-corrected chi connectivity index (χ0v) is 9.82. The van der Waals surface area contributed by atoms with Gasteiger partial charge in [-0.3, -0.25) is 14.4 Å². The largest absolute Gasteiger partial charge is 0.481 e.